The average molecular weight is 364 g/mol. The molecule has 0 radical (unpaired) electrons. The molecule has 0 unspecified atom stereocenters. The van der Waals surface area contributed by atoms with Gasteiger partial charge in [-0.3, -0.25) is 0 Å². The number of rotatable bonds is 5. The molecule has 2 aliphatic heterocycles. The lowest BCUT2D eigenvalue weighted by Gasteiger charge is -2.40. The van der Waals surface area contributed by atoms with Gasteiger partial charge in [0.2, 0.25) is 0 Å². The van der Waals surface area contributed by atoms with Crippen molar-refractivity contribution in [2.45, 2.75) is 43.0 Å². The highest BCUT2D eigenvalue weighted by atomic mass is 16.8. The number of benzene rings is 1. The van der Waals surface area contributed by atoms with Gasteiger partial charge in [-0.15, -0.1) is 0 Å². The molecule has 8 heteroatoms. The molecule has 0 spiro atoms. The van der Waals surface area contributed by atoms with Crippen molar-refractivity contribution in [3.8, 4) is 0 Å². The van der Waals surface area contributed by atoms with E-state index in [1.165, 1.54) is 13.0 Å². The maximum Gasteiger partial charge on any atom is 0.364 e. The zero-order valence-electron chi connectivity index (χ0n) is 14.1. The molecule has 8 nitrogen and oxygen atoms in total. The van der Waals surface area contributed by atoms with E-state index in [4.69, 9.17) is 14.2 Å². The number of aliphatic carboxylic acids is 1. The lowest BCUT2D eigenvalue weighted by molar-refractivity contribution is -0.263. The summed E-state index contributed by atoms with van der Waals surface area (Å²) >= 11 is 0. The van der Waals surface area contributed by atoms with Gasteiger partial charge in [-0.25, -0.2) is 9.59 Å². The quantitative estimate of drug-likeness (QED) is 0.504. The van der Waals surface area contributed by atoms with E-state index in [1.807, 2.05) is 30.3 Å². The normalized spacial score (nSPS) is 36.2. The van der Waals surface area contributed by atoms with Crippen molar-refractivity contribution in [1.29, 1.82) is 0 Å². The third-order valence-electron chi connectivity index (χ3n) is 4.70. The number of ether oxygens (including phenoxy) is 3. The van der Waals surface area contributed by atoms with Crippen molar-refractivity contribution in [3.05, 3.63) is 42.0 Å². The molecule has 2 bridgehead atoms. The second kappa shape index (κ2) is 6.81. The smallest absolute Gasteiger partial charge is 0.364 e. The van der Waals surface area contributed by atoms with Crippen molar-refractivity contribution in [3.63, 3.8) is 0 Å². The van der Waals surface area contributed by atoms with Crippen LogP contribution in [0.2, 0.25) is 0 Å². The largest absolute Gasteiger partial charge is 0.477 e. The number of hydrogen-bond acceptors (Lipinski definition) is 7. The Morgan fingerprint density at radius 2 is 2.00 bits per heavy atom. The molecular formula is C18H20O8. The summed E-state index contributed by atoms with van der Waals surface area (Å²) in [5, 5.41) is 29.5. The number of hydrogen-bond donors (Lipinski definition) is 3. The molecule has 5 atom stereocenters. The SMILES string of the molecule is C[C@@]12O[C@@](C(=O)O)(C[C@H](O)[C@@H]1O)O[C@H]2COC(=O)C=Cc1ccccc1. The molecule has 0 aromatic heterocycles. The highest BCUT2D eigenvalue weighted by Gasteiger charge is 2.67. The zero-order valence-corrected chi connectivity index (χ0v) is 14.1. The molecule has 3 N–H and O–H groups in total. The number of aliphatic hydroxyl groups is 2. The molecule has 2 fully saturated rings. The fourth-order valence-electron chi connectivity index (χ4n) is 3.22. The van der Waals surface area contributed by atoms with Crippen LogP contribution in [0.1, 0.15) is 18.9 Å². The van der Waals surface area contributed by atoms with Gasteiger partial charge >= 0.3 is 11.9 Å². The monoisotopic (exact) mass is 364 g/mol. The van der Waals surface area contributed by atoms with Gasteiger partial charge in [0.25, 0.3) is 5.79 Å². The maximum absolute atomic E-state index is 11.9. The molecular weight excluding hydrogens is 344 g/mol. The molecule has 140 valence electrons. The van der Waals surface area contributed by atoms with Crippen LogP contribution in [0.4, 0.5) is 0 Å². The van der Waals surface area contributed by atoms with E-state index in [9.17, 15) is 24.9 Å². The Bertz CT molecular complexity index is 717. The fourth-order valence-corrected chi connectivity index (χ4v) is 3.22. The van der Waals surface area contributed by atoms with Gasteiger partial charge in [-0.2, -0.15) is 0 Å². The maximum atomic E-state index is 11.9. The Kier molecular flexibility index (Phi) is 4.85. The van der Waals surface area contributed by atoms with Crippen LogP contribution in [-0.2, 0) is 23.8 Å². The van der Waals surface area contributed by atoms with Crippen LogP contribution in [0.3, 0.4) is 0 Å². The summed E-state index contributed by atoms with van der Waals surface area (Å²) in [6, 6.07) is 9.14. The Morgan fingerprint density at radius 1 is 1.31 bits per heavy atom. The van der Waals surface area contributed by atoms with Crippen LogP contribution in [0.15, 0.2) is 36.4 Å². The number of fused-ring (bicyclic) bond motifs is 2. The van der Waals surface area contributed by atoms with Crippen molar-refractivity contribution >= 4 is 18.0 Å². The van der Waals surface area contributed by atoms with Gasteiger partial charge in [0.15, 0.2) is 0 Å². The lowest BCUT2D eigenvalue weighted by Crippen LogP contribution is -2.60. The third kappa shape index (κ3) is 3.24. The topological polar surface area (TPSA) is 123 Å². The van der Waals surface area contributed by atoms with Gasteiger partial charge in [0.1, 0.15) is 24.4 Å². The number of esters is 1. The Hall–Kier alpha value is -2.26. The highest BCUT2D eigenvalue weighted by Crippen LogP contribution is 2.47. The van der Waals surface area contributed by atoms with Gasteiger partial charge in [-0.1, -0.05) is 30.3 Å². The van der Waals surface area contributed by atoms with E-state index in [0.717, 1.165) is 5.56 Å². The van der Waals surface area contributed by atoms with Gasteiger partial charge in [0, 0.05) is 12.5 Å². The number of aliphatic hydroxyl groups excluding tert-OH is 2. The number of carbonyl (C=O) groups excluding carboxylic acids is 1. The number of carboxylic acid groups (broad SMARTS) is 1. The van der Waals surface area contributed by atoms with E-state index >= 15 is 0 Å². The first-order valence-corrected chi connectivity index (χ1v) is 8.14. The summed E-state index contributed by atoms with van der Waals surface area (Å²) in [4.78, 5) is 23.4. The molecule has 2 aliphatic rings. The van der Waals surface area contributed by atoms with E-state index in [2.05, 4.69) is 0 Å². The van der Waals surface area contributed by atoms with Crippen molar-refractivity contribution in [2.75, 3.05) is 6.61 Å². The van der Waals surface area contributed by atoms with Gasteiger partial charge in [0.05, 0.1) is 6.10 Å². The second-order valence-corrected chi connectivity index (χ2v) is 6.54. The minimum absolute atomic E-state index is 0.326. The van der Waals surface area contributed by atoms with Crippen molar-refractivity contribution in [2.24, 2.45) is 0 Å². The first-order valence-electron chi connectivity index (χ1n) is 8.14. The predicted molar refractivity (Wildman–Crippen MR) is 87.8 cm³/mol. The molecule has 26 heavy (non-hydrogen) atoms. The van der Waals surface area contributed by atoms with E-state index < -0.39 is 48.1 Å². The van der Waals surface area contributed by atoms with Crippen LogP contribution in [0.25, 0.3) is 6.08 Å². The van der Waals surface area contributed by atoms with Crippen LogP contribution >= 0.6 is 0 Å². The summed E-state index contributed by atoms with van der Waals surface area (Å²) < 4.78 is 16.0. The molecule has 2 heterocycles. The Morgan fingerprint density at radius 3 is 2.65 bits per heavy atom. The standard InChI is InChI=1S/C18H20O8/c1-17-13(10-24-14(20)8-7-11-5-3-2-4-6-11)25-18(26-17,16(22)23)9-12(19)15(17)21/h2-8,12-13,15,19,21H,9-10H2,1H3,(H,22,23)/t12-,13-,15-,17-,18+/m0/s1. The molecule has 1 aromatic rings. The molecule has 2 saturated heterocycles. The second-order valence-electron chi connectivity index (χ2n) is 6.54. The lowest BCUT2D eigenvalue weighted by atomic mass is 9.85. The fraction of sp³-hybridized carbons (Fsp3) is 0.444. The van der Waals surface area contributed by atoms with Crippen LogP contribution in [0.5, 0.6) is 0 Å². The minimum Gasteiger partial charge on any atom is -0.477 e. The van der Waals surface area contributed by atoms with E-state index in [0.29, 0.717) is 0 Å². The Balaban J connectivity index is 1.67. The number of carboxylic acids is 1. The van der Waals surface area contributed by atoms with Crippen LogP contribution in [0, 0.1) is 0 Å². The van der Waals surface area contributed by atoms with E-state index in [1.54, 1.807) is 6.08 Å². The van der Waals surface area contributed by atoms with Crippen molar-refractivity contribution < 1.29 is 39.1 Å². The first kappa shape index (κ1) is 18.5. The zero-order chi connectivity index (χ0) is 18.9. The Labute approximate surface area is 149 Å². The molecule has 0 amide bonds. The molecule has 0 saturated carbocycles. The average Bonchev–Trinajstić information content (AvgIpc) is 2.88. The molecule has 0 aliphatic carbocycles. The van der Waals surface area contributed by atoms with Gasteiger partial charge in [-0.05, 0) is 18.6 Å². The highest BCUT2D eigenvalue weighted by molar-refractivity contribution is 5.87. The summed E-state index contributed by atoms with van der Waals surface area (Å²) in [6.45, 7) is 1.09. The predicted octanol–water partition coefficient (Wildman–Crippen LogP) is 0.324. The third-order valence-corrected chi connectivity index (χ3v) is 4.70. The first-order chi connectivity index (χ1) is 12.3. The minimum atomic E-state index is -2.07. The summed E-state index contributed by atoms with van der Waals surface area (Å²) in [5.74, 6) is -4.13. The molecule has 3 rings (SSSR count). The summed E-state index contributed by atoms with van der Waals surface area (Å²) in [5.41, 5.74) is -0.699. The van der Waals surface area contributed by atoms with Crippen molar-refractivity contribution in [1.82, 2.24) is 0 Å². The van der Waals surface area contributed by atoms with Gasteiger partial charge < -0.3 is 29.5 Å². The van der Waals surface area contributed by atoms with Crippen LogP contribution in [-0.4, -0.2) is 63.6 Å². The van der Waals surface area contributed by atoms with Crippen LogP contribution < -0.4 is 0 Å². The summed E-state index contributed by atoms with van der Waals surface area (Å²) in [6.07, 6.45) is -1.36. The van der Waals surface area contributed by atoms with E-state index in [-0.39, 0.29) is 6.61 Å². The summed E-state index contributed by atoms with van der Waals surface area (Å²) in [7, 11) is 0. The number of carbonyl (C=O) groups is 2. The molecule has 1 aromatic carbocycles.